The number of hydrogen-bond donors (Lipinski definition) is 0. The molecule has 0 aliphatic carbocycles. The van der Waals surface area contributed by atoms with Gasteiger partial charge in [0, 0.05) is 12.6 Å². The van der Waals surface area contributed by atoms with Gasteiger partial charge in [-0.3, -0.25) is 4.99 Å². The fourth-order valence-electron chi connectivity index (χ4n) is 0.884. The van der Waals surface area contributed by atoms with E-state index in [4.69, 9.17) is 16.4 Å². The smallest absolute Gasteiger partial charge is 0.120 e. The van der Waals surface area contributed by atoms with Crippen LogP contribution in [0.4, 0.5) is 0 Å². The Kier molecular flexibility index (Phi) is 3.07. The minimum Gasteiger partial charge on any atom is -0.361 e. The van der Waals surface area contributed by atoms with E-state index in [1.807, 2.05) is 6.07 Å². The molecule has 1 atom stereocenters. The Morgan fingerprint density at radius 1 is 1.83 bits per heavy atom. The molecule has 0 bridgehead atoms. The molecule has 3 nitrogen and oxygen atoms in total. The lowest BCUT2D eigenvalue weighted by atomic mass is 10.1. The second kappa shape index (κ2) is 4.33. The van der Waals surface area contributed by atoms with Gasteiger partial charge >= 0.3 is 0 Å². The summed E-state index contributed by atoms with van der Waals surface area (Å²) in [4.78, 5) is 3.85. The van der Waals surface area contributed by atoms with Crippen LogP contribution in [0.3, 0.4) is 0 Å². The molecule has 0 saturated carbocycles. The maximum Gasteiger partial charge on any atom is 0.120 e. The zero-order valence-electron chi connectivity index (χ0n) is 6.53. The Labute approximate surface area is 71.4 Å². The van der Waals surface area contributed by atoms with Crippen LogP contribution in [0.1, 0.15) is 6.42 Å². The van der Waals surface area contributed by atoms with E-state index in [0.717, 1.165) is 0 Å². The highest BCUT2D eigenvalue weighted by atomic mass is 16.5. The average Bonchev–Trinajstić information content (AvgIpc) is 2.15. The van der Waals surface area contributed by atoms with Gasteiger partial charge in [0.1, 0.15) is 18.4 Å². The number of aliphatic imine (C=N–C) groups is 1. The van der Waals surface area contributed by atoms with Gasteiger partial charge in [0.2, 0.25) is 0 Å². The number of nitrogens with zero attached hydrogens (tertiary/aromatic N) is 2. The summed E-state index contributed by atoms with van der Waals surface area (Å²) in [6, 6.07) is 1.98. The molecule has 1 rings (SSSR count). The van der Waals surface area contributed by atoms with E-state index in [0.29, 0.717) is 12.1 Å². The number of terminal acetylenes is 1. The summed E-state index contributed by atoms with van der Waals surface area (Å²) < 4.78 is 5.21. The minimum absolute atomic E-state index is 0.0896. The third-order valence-corrected chi connectivity index (χ3v) is 1.44. The lowest BCUT2D eigenvalue weighted by Crippen LogP contribution is -2.17. The molecule has 0 fully saturated rings. The summed E-state index contributed by atoms with van der Waals surface area (Å²) in [5.74, 6) is 2.37. The van der Waals surface area contributed by atoms with Gasteiger partial charge in [-0.25, -0.2) is 0 Å². The fourth-order valence-corrected chi connectivity index (χ4v) is 0.884. The molecule has 0 spiro atoms. The van der Waals surface area contributed by atoms with Crippen LogP contribution in [0.25, 0.3) is 0 Å². The van der Waals surface area contributed by atoms with Crippen molar-refractivity contribution in [1.29, 1.82) is 5.26 Å². The third-order valence-electron chi connectivity index (χ3n) is 1.44. The summed E-state index contributed by atoms with van der Waals surface area (Å²) >= 11 is 0. The predicted molar refractivity (Wildman–Crippen MR) is 45.4 cm³/mol. The molecule has 1 aliphatic heterocycles. The van der Waals surface area contributed by atoms with Gasteiger partial charge in [0.05, 0.1) is 6.10 Å². The van der Waals surface area contributed by atoms with Crippen molar-refractivity contribution in [2.45, 2.75) is 12.5 Å². The summed E-state index contributed by atoms with van der Waals surface area (Å²) in [7, 11) is 0. The molecule has 0 amide bonds. The molecule has 1 heterocycles. The van der Waals surface area contributed by atoms with E-state index in [2.05, 4.69) is 10.9 Å². The van der Waals surface area contributed by atoms with E-state index in [1.165, 1.54) is 0 Å². The number of nitriles is 1. The maximum atomic E-state index is 8.52. The normalized spacial score (nSPS) is 20.8. The van der Waals surface area contributed by atoms with E-state index >= 15 is 0 Å². The van der Waals surface area contributed by atoms with Crippen LogP contribution in [0, 0.1) is 23.7 Å². The van der Waals surface area contributed by atoms with Crippen molar-refractivity contribution in [3.63, 3.8) is 0 Å². The summed E-state index contributed by atoms with van der Waals surface area (Å²) in [6.45, 7) is 0.272. The van der Waals surface area contributed by atoms with Crippen molar-refractivity contribution in [2.75, 3.05) is 6.61 Å². The molecule has 1 unspecified atom stereocenters. The first-order valence-corrected chi connectivity index (χ1v) is 3.55. The largest absolute Gasteiger partial charge is 0.361 e. The average molecular weight is 160 g/mol. The molecular formula is C9H8N2O. The van der Waals surface area contributed by atoms with Gasteiger partial charge in [0.15, 0.2) is 0 Å². The van der Waals surface area contributed by atoms with Crippen molar-refractivity contribution in [1.82, 2.24) is 0 Å². The molecule has 0 aromatic carbocycles. The number of ether oxygens (including phenoxy) is 1. The molecular weight excluding hydrogens is 152 g/mol. The minimum atomic E-state index is -0.0896. The van der Waals surface area contributed by atoms with Gasteiger partial charge < -0.3 is 4.74 Å². The molecule has 0 radical (unpaired) electrons. The zero-order valence-corrected chi connectivity index (χ0v) is 6.53. The standard InChI is InChI=1S/C9H8N2O/c1-2-5-12-9-3-4-11-8(6-9)7-10/h1,3-4,9H,5-6H2. The molecule has 3 heteroatoms. The Morgan fingerprint density at radius 3 is 3.33 bits per heavy atom. The molecule has 0 aromatic rings. The fraction of sp³-hybridized carbons (Fsp3) is 0.333. The molecule has 1 aliphatic rings. The van der Waals surface area contributed by atoms with E-state index in [9.17, 15) is 0 Å². The first-order chi connectivity index (χ1) is 5.86. The van der Waals surface area contributed by atoms with Gasteiger partial charge in [0.25, 0.3) is 0 Å². The summed E-state index contributed by atoms with van der Waals surface area (Å²) in [6.07, 6.45) is 8.81. The van der Waals surface area contributed by atoms with E-state index in [1.54, 1.807) is 12.3 Å². The zero-order chi connectivity index (χ0) is 8.81. The van der Waals surface area contributed by atoms with Crippen molar-refractivity contribution in [3.05, 3.63) is 12.3 Å². The number of hydrogen-bond acceptors (Lipinski definition) is 3. The van der Waals surface area contributed by atoms with Crippen LogP contribution in [-0.2, 0) is 4.74 Å². The predicted octanol–water partition coefficient (Wildman–Crippen LogP) is 0.887. The lowest BCUT2D eigenvalue weighted by molar-refractivity contribution is 0.118. The highest BCUT2D eigenvalue weighted by Crippen LogP contribution is 2.07. The maximum absolute atomic E-state index is 8.52. The Morgan fingerprint density at radius 2 is 2.67 bits per heavy atom. The van der Waals surface area contributed by atoms with Crippen LogP contribution in [0.15, 0.2) is 17.3 Å². The third kappa shape index (κ3) is 2.23. The second-order valence-electron chi connectivity index (χ2n) is 2.29. The molecule has 12 heavy (non-hydrogen) atoms. The van der Waals surface area contributed by atoms with Crippen molar-refractivity contribution >= 4 is 5.71 Å². The van der Waals surface area contributed by atoms with Crippen LogP contribution in [0.5, 0.6) is 0 Å². The van der Waals surface area contributed by atoms with Crippen LogP contribution < -0.4 is 0 Å². The molecule has 60 valence electrons. The van der Waals surface area contributed by atoms with Gasteiger partial charge in [-0.05, 0) is 6.08 Å². The van der Waals surface area contributed by atoms with Crippen LogP contribution in [-0.4, -0.2) is 18.4 Å². The topological polar surface area (TPSA) is 45.4 Å². The summed E-state index contributed by atoms with van der Waals surface area (Å²) in [5, 5.41) is 8.52. The van der Waals surface area contributed by atoms with Crippen molar-refractivity contribution in [3.8, 4) is 18.4 Å². The number of rotatable bonds is 2. The van der Waals surface area contributed by atoms with Crippen molar-refractivity contribution < 1.29 is 4.74 Å². The van der Waals surface area contributed by atoms with E-state index in [-0.39, 0.29) is 12.7 Å². The highest BCUT2D eigenvalue weighted by molar-refractivity contribution is 5.99. The van der Waals surface area contributed by atoms with Crippen LogP contribution >= 0.6 is 0 Å². The molecule has 0 saturated heterocycles. The Hall–Kier alpha value is -1.58. The highest BCUT2D eigenvalue weighted by Gasteiger charge is 2.11. The summed E-state index contributed by atoms with van der Waals surface area (Å²) in [5.41, 5.74) is 0.486. The van der Waals surface area contributed by atoms with Crippen molar-refractivity contribution in [2.24, 2.45) is 4.99 Å². The monoisotopic (exact) mass is 160 g/mol. The Balaban J connectivity index is 2.45. The lowest BCUT2D eigenvalue weighted by Gasteiger charge is -2.12. The van der Waals surface area contributed by atoms with E-state index < -0.39 is 0 Å². The first-order valence-electron chi connectivity index (χ1n) is 3.55. The SMILES string of the molecule is C#CCOC1C=CN=C(C#N)C1. The van der Waals surface area contributed by atoms with Gasteiger partial charge in [-0.2, -0.15) is 5.26 Å². The van der Waals surface area contributed by atoms with Crippen LogP contribution in [0.2, 0.25) is 0 Å². The second-order valence-corrected chi connectivity index (χ2v) is 2.29. The van der Waals surface area contributed by atoms with Gasteiger partial charge in [-0.15, -0.1) is 6.42 Å². The quantitative estimate of drug-likeness (QED) is 0.563. The molecule has 0 N–H and O–H groups in total. The Bertz CT molecular complexity index is 291. The van der Waals surface area contributed by atoms with Gasteiger partial charge in [-0.1, -0.05) is 5.92 Å². The first kappa shape index (κ1) is 8.52. The molecule has 0 aromatic heterocycles.